The number of anilines is 2. The lowest BCUT2D eigenvalue weighted by atomic mass is 9.95. The second kappa shape index (κ2) is 5.24. The van der Waals surface area contributed by atoms with Gasteiger partial charge in [0.2, 0.25) is 5.91 Å². The molecule has 0 saturated carbocycles. The Morgan fingerprint density at radius 3 is 2.48 bits per heavy atom. The van der Waals surface area contributed by atoms with E-state index < -0.39 is 0 Å². The van der Waals surface area contributed by atoms with Crippen LogP contribution in [0.2, 0.25) is 0 Å². The fraction of sp³-hybridized carbons (Fsp3) is 0.278. The molecule has 3 nitrogen and oxygen atoms in total. The molecule has 1 aliphatic rings. The topological polar surface area (TPSA) is 32.3 Å². The summed E-state index contributed by atoms with van der Waals surface area (Å²) in [5, 5.41) is 3.52. The van der Waals surface area contributed by atoms with Gasteiger partial charge in [0.15, 0.2) is 0 Å². The SMILES string of the molecule is Cc1cc(C)cc(NC2CC(=O)N(C)c3ccccc32)c1. The Morgan fingerprint density at radius 2 is 1.76 bits per heavy atom. The highest BCUT2D eigenvalue weighted by Gasteiger charge is 2.28. The molecule has 1 atom stereocenters. The maximum absolute atomic E-state index is 12.2. The van der Waals surface area contributed by atoms with Crippen molar-refractivity contribution in [1.29, 1.82) is 0 Å². The Kier molecular flexibility index (Phi) is 3.42. The fourth-order valence-electron chi connectivity index (χ4n) is 3.03. The van der Waals surface area contributed by atoms with E-state index in [2.05, 4.69) is 43.4 Å². The van der Waals surface area contributed by atoms with Crippen molar-refractivity contribution in [3.8, 4) is 0 Å². The standard InChI is InChI=1S/C18H20N2O/c1-12-8-13(2)10-14(9-12)19-16-11-18(21)20(3)17-7-5-4-6-15(16)17/h4-10,16,19H,11H2,1-3H3. The molecule has 0 spiro atoms. The van der Waals surface area contributed by atoms with Crippen LogP contribution in [0, 0.1) is 13.8 Å². The van der Waals surface area contributed by atoms with Crippen molar-refractivity contribution in [2.45, 2.75) is 26.3 Å². The monoisotopic (exact) mass is 280 g/mol. The minimum Gasteiger partial charge on any atom is -0.378 e. The molecule has 1 N–H and O–H groups in total. The Hall–Kier alpha value is -2.29. The van der Waals surface area contributed by atoms with Crippen LogP contribution in [0.15, 0.2) is 42.5 Å². The molecule has 1 heterocycles. The lowest BCUT2D eigenvalue weighted by Gasteiger charge is -2.32. The highest BCUT2D eigenvalue weighted by Crippen LogP contribution is 2.35. The molecule has 0 radical (unpaired) electrons. The van der Waals surface area contributed by atoms with Crippen LogP contribution < -0.4 is 10.2 Å². The number of aryl methyl sites for hydroxylation is 2. The third-order valence-electron chi connectivity index (χ3n) is 3.99. The van der Waals surface area contributed by atoms with E-state index in [1.54, 1.807) is 4.90 Å². The van der Waals surface area contributed by atoms with Gasteiger partial charge in [-0.1, -0.05) is 24.3 Å². The first kappa shape index (κ1) is 13.7. The van der Waals surface area contributed by atoms with Gasteiger partial charge in [0.1, 0.15) is 0 Å². The van der Waals surface area contributed by atoms with Crippen LogP contribution in [-0.2, 0) is 4.79 Å². The smallest absolute Gasteiger partial charge is 0.229 e. The average molecular weight is 280 g/mol. The van der Waals surface area contributed by atoms with Crippen LogP contribution in [0.25, 0.3) is 0 Å². The summed E-state index contributed by atoms with van der Waals surface area (Å²) in [4.78, 5) is 13.9. The molecule has 0 fully saturated rings. The molecule has 0 saturated heterocycles. The summed E-state index contributed by atoms with van der Waals surface area (Å²) >= 11 is 0. The summed E-state index contributed by atoms with van der Waals surface area (Å²) in [6.07, 6.45) is 0.487. The number of hydrogen-bond donors (Lipinski definition) is 1. The zero-order chi connectivity index (χ0) is 15.0. The van der Waals surface area contributed by atoms with Gasteiger partial charge < -0.3 is 10.2 Å². The van der Waals surface area contributed by atoms with Crippen molar-refractivity contribution in [3.05, 3.63) is 59.2 Å². The predicted octanol–water partition coefficient (Wildman–Crippen LogP) is 3.82. The molecule has 0 aromatic heterocycles. The summed E-state index contributed by atoms with van der Waals surface area (Å²) in [6, 6.07) is 14.5. The normalized spacial score (nSPS) is 17.6. The number of fused-ring (bicyclic) bond motifs is 1. The molecule has 1 amide bonds. The number of carbonyl (C=O) groups is 1. The number of benzene rings is 2. The molecular weight excluding hydrogens is 260 g/mol. The Labute approximate surface area is 125 Å². The van der Waals surface area contributed by atoms with Gasteiger partial charge in [-0.15, -0.1) is 0 Å². The second-order valence-corrected chi connectivity index (χ2v) is 5.79. The molecule has 0 bridgehead atoms. The lowest BCUT2D eigenvalue weighted by Crippen LogP contribution is -2.35. The largest absolute Gasteiger partial charge is 0.378 e. The van der Waals surface area contributed by atoms with E-state index in [4.69, 9.17) is 0 Å². The highest BCUT2D eigenvalue weighted by atomic mass is 16.2. The van der Waals surface area contributed by atoms with E-state index in [1.807, 2.05) is 25.2 Å². The number of nitrogens with zero attached hydrogens (tertiary/aromatic N) is 1. The van der Waals surface area contributed by atoms with Gasteiger partial charge >= 0.3 is 0 Å². The third-order valence-corrected chi connectivity index (χ3v) is 3.99. The van der Waals surface area contributed by atoms with Crippen molar-refractivity contribution >= 4 is 17.3 Å². The van der Waals surface area contributed by atoms with E-state index in [-0.39, 0.29) is 11.9 Å². The van der Waals surface area contributed by atoms with Crippen LogP contribution in [-0.4, -0.2) is 13.0 Å². The van der Waals surface area contributed by atoms with Crippen molar-refractivity contribution < 1.29 is 4.79 Å². The van der Waals surface area contributed by atoms with E-state index in [1.165, 1.54) is 16.7 Å². The van der Waals surface area contributed by atoms with E-state index in [0.717, 1.165) is 11.4 Å². The van der Waals surface area contributed by atoms with Crippen LogP contribution in [0.5, 0.6) is 0 Å². The molecule has 2 aromatic rings. The van der Waals surface area contributed by atoms with E-state index in [0.29, 0.717) is 6.42 Å². The lowest BCUT2D eigenvalue weighted by molar-refractivity contribution is -0.118. The quantitative estimate of drug-likeness (QED) is 0.907. The number of amides is 1. The van der Waals surface area contributed by atoms with E-state index in [9.17, 15) is 4.79 Å². The third kappa shape index (κ3) is 2.64. The first-order valence-electron chi connectivity index (χ1n) is 7.25. The van der Waals surface area contributed by atoms with Crippen molar-refractivity contribution in [1.82, 2.24) is 0 Å². The van der Waals surface area contributed by atoms with Gasteiger partial charge in [0.05, 0.1) is 12.5 Å². The second-order valence-electron chi connectivity index (χ2n) is 5.79. The summed E-state index contributed by atoms with van der Waals surface area (Å²) in [5.74, 6) is 0.149. The predicted molar refractivity (Wildman–Crippen MR) is 86.7 cm³/mol. The number of nitrogens with one attached hydrogen (secondary N) is 1. The van der Waals surface area contributed by atoms with Gasteiger partial charge in [-0.25, -0.2) is 0 Å². The molecular formula is C18H20N2O. The first-order chi connectivity index (χ1) is 10.0. The zero-order valence-electron chi connectivity index (χ0n) is 12.7. The van der Waals surface area contributed by atoms with Crippen LogP contribution >= 0.6 is 0 Å². The van der Waals surface area contributed by atoms with Crippen molar-refractivity contribution in [2.24, 2.45) is 0 Å². The summed E-state index contributed by atoms with van der Waals surface area (Å²) in [5.41, 5.74) is 5.70. The Balaban J connectivity index is 1.95. The highest BCUT2D eigenvalue weighted by molar-refractivity contribution is 5.97. The van der Waals surface area contributed by atoms with Gasteiger partial charge in [0.25, 0.3) is 0 Å². The number of para-hydroxylation sites is 1. The zero-order valence-corrected chi connectivity index (χ0v) is 12.7. The maximum atomic E-state index is 12.2. The van der Waals surface area contributed by atoms with Gasteiger partial charge in [-0.2, -0.15) is 0 Å². The Bertz CT molecular complexity index is 673. The van der Waals surface area contributed by atoms with Gasteiger partial charge in [-0.05, 0) is 48.7 Å². The van der Waals surface area contributed by atoms with Crippen LogP contribution in [0.3, 0.4) is 0 Å². The molecule has 1 aliphatic heterocycles. The molecule has 3 rings (SSSR count). The summed E-state index contributed by atoms with van der Waals surface area (Å²) in [6.45, 7) is 4.18. The van der Waals surface area contributed by atoms with Gasteiger partial charge in [0, 0.05) is 18.4 Å². The van der Waals surface area contributed by atoms with Crippen molar-refractivity contribution in [2.75, 3.05) is 17.3 Å². The fourth-order valence-corrected chi connectivity index (χ4v) is 3.03. The van der Waals surface area contributed by atoms with Gasteiger partial charge in [-0.3, -0.25) is 4.79 Å². The molecule has 2 aromatic carbocycles. The molecule has 0 aliphatic carbocycles. The molecule has 21 heavy (non-hydrogen) atoms. The summed E-state index contributed by atoms with van der Waals surface area (Å²) < 4.78 is 0. The molecule has 3 heteroatoms. The minimum absolute atomic E-state index is 0.0334. The average Bonchev–Trinajstić information content (AvgIpc) is 2.43. The van der Waals surface area contributed by atoms with Crippen LogP contribution in [0.4, 0.5) is 11.4 Å². The van der Waals surface area contributed by atoms with Crippen LogP contribution in [0.1, 0.15) is 29.2 Å². The number of carbonyl (C=O) groups excluding carboxylic acids is 1. The minimum atomic E-state index is 0.0334. The Morgan fingerprint density at radius 1 is 1.10 bits per heavy atom. The summed E-state index contributed by atoms with van der Waals surface area (Å²) in [7, 11) is 1.84. The maximum Gasteiger partial charge on any atom is 0.229 e. The van der Waals surface area contributed by atoms with E-state index >= 15 is 0 Å². The number of hydrogen-bond acceptors (Lipinski definition) is 2. The first-order valence-corrected chi connectivity index (χ1v) is 7.25. The molecule has 108 valence electrons. The molecule has 1 unspecified atom stereocenters. The number of rotatable bonds is 2. The van der Waals surface area contributed by atoms with Crippen molar-refractivity contribution in [3.63, 3.8) is 0 Å².